The van der Waals surface area contributed by atoms with Crippen LogP contribution >= 0.6 is 15.9 Å². The van der Waals surface area contributed by atoms with E-state index in [0.29, 0.717) is 17.4 Å². The van der Waals surface area contributed by atoms with Gasteiger partial charge in [0, 0.05) is 18.0 Å². The fourth-order valence-corrected chi connectivity index (χ4v) is 1.74. The summed E-state index contributed by atoms with van der Waals surface area (Å²) in [6.45, 7) is 2.36. The Bertz CT molecular complexity index is 89.1. The molecule has 0 amide bonds. The predicted octanol–water partition coefficient (Wildman–Crippen LogP) is 0.352. The van der Waals surface area contributed by atoms with E-state index in [1.807, 2.05) is 0 Å². The van der Waals surface area contributed by atoms with Gasteiger partial charge in [0.2, 0.25) is 0 Å². The Morgan fingerprint density at radius 1 is 1.67 bits per heavy atom. The monoisotopic (exact) mass is 193 g/mol. The fraction of sp³-hybridized carbons (Fsp3) is 1.00. The third-order valence-corrected chi connectivity index (χ3v) is 2.85. The third kappa shape index (κ3) is 1.92. The predicted molar refractivity (Wildman–Crippen MR) is 40.8 cm³/mol. The van der Waals surface area contributed by atoms with Gasteiger partial charge in [-0.2, -0.15) is 0 Å². The van der Waals surface area contributed by atoms with E-state index in [1.54, 1.807) is 0 Å². The van der Waals surface area contributed by atoms with Gasteiger partial charge in [-0.25, -0.2) is 0 Å². The second-order valence-corrected chi connectivity index (χ2v) is 3.63. The summed E-state index contributed by atoms with van der Waals surface area (Å²) in [5.41, 5.74) is 0. The fourth-order valence-electron chi connectivity index (χ4n) is 1.08. The molecule has 9 heavy (non-hydrogen) atoms. The van der Waals surface area contributed by atoms with Gasteiger partial charge in [0.05, 0.1) is 0 Å². The lowest BCUT2D eigenvalue weighted by molar-refractivity contribution is 0.202. The van der Waals surface area contributed by atoms with Crippen LogP contribution in [0.4, 0.5) is 0 Å². The van der Waals surface area contributed by atoms with Crippen LogP contribution in [0.15, 0.2) is 0 Å². The maximum absolute atomic E-state index is 8.80. The van der Waals surface area contributed by atoms with Crippen molar-refractivity contribution in [2.24, 2.45) is 5.92 Å². The molecule has 0 aromatic carbocycles. The summed E-state index contributed by atoms with van der Waals surface area (Å²) >= 11 is 3.49. The van der Waals surface area contributed by atoms with Crippen molar-refractivity contribution >= 4 is 15.9 Å². The summed E-state index contributed by atoms with van der Waals surface area (Å²) in [6.07, 6.45) is 1.09. The van der Waals surface area contributed by atoms with Gasteiger partial charge in [0.15, 0.2) is 0 Å². The van der Waals surface area contributed by atoms with Crippen LogP contribution < -0.4 is 5.32 Å². The normalized spacial score (nSPS) is 36.7. The molecular weight excluding hydrogens is 182 g/mol. The average Bonchev–Trinajstić information content (AvgIpc) is 1.89. The molecule has 1 fully saturated rings. The number of hydrogen-bond donors (Lipinski definition) is 2. The molecule has 1 saturated heterocycles. The lowest BCUT2D eigenvalue weighted by Crippen LogP contribution is -2.38. The van der Waals surface area contributed by atoms with Crippen LogP contribution in [0.5, 0.6) is 0 Å². The Hall–Kier alpha value is 0.400. The van der Waals surface area contributed by atoms with Crippen LogP contribution in [0.2, 0.25) is 0 Å². The van der Waals surface area contributed by atoms with E-state index in [1.165, 1.54) is 0 Å². The van der Waals surface area contributed by atoms with Crippen molar-refractivity contribution in [2.75, 3.05) is 19.7 Å². The highest BCUT2D eigenvalue weighted by Gasteiger charge is 2.20. The molecule has 3 heteroatoms. The van der Waals surface area contributed by atoms with E-state index in [-0.39, 0.29) is 0 Å². The Kier molecular flexibility index (Phi) is 2.95. The molecule has 1 aliphatic rings. The van der Waals surface area contributed by atoms with Crippen molar-refractivity contribution in [3.8, 4) is 0 Å². The van der Waals surface area contributed by atoms with Gasteiger partial charge in [0.25, 0.3) is 0 Å². The van der Waals surface area contributed by atoms with Gasteiger partial charge in [-0.15, -0.1) is 0 Å². The zero-order chi connectivity index (χ0) is 6.69. The third-order valence-electron chi connectivity index (χ3n) is 1.78. The summed E-state index contributed by atoms with van der Waals surface area (Å²) in [5.74, 6) is 0.464. The van der Waals surface area contributed by atoms with Gasteiger partial charge < -0.3 is 10.4 Å². The highest BCUT2D eigenvalue weighted by Crippen LogP contribution is 2.18. The highest BCUT2D eigenvalue weighted by molar-refractivity contribution is 9.09. The Morgan fingerprint density at radius 3 is 2.89 bits per heavy atom. The lowest BCUT2D eigenvalue weighted by atomic mass is 9.99. The Morgan fingerprint density at radius 2 is 2.44 bits per heavy atom. The van der Waals surface area contributed by atoms with Crippen LogP contribution in [0.3, 0.4) is 0 Å². The first-order valence-electron chi connectivity index (χ1n) is 3.30. The molecule has 2 atom stereocenters. The van der Waals surface area contributed by atoms with Crippen molar-refractivity contribution in [2.45, 2.75) is 11.2 Å². The standard InChI is InChI=1S/C6H12BrNO/c7-6-3-8-2-1-5(6)4-9/h5-6,8-9H,1-4H2. The SMILES string of the molecule is OCC1CCNCC1Br. The molecule has 0 aromatic heterocycles. The summed E-state index contributed by atoms with van der Waals surface area (Å²) < 4.78 is 0. The van der Waals surface area contributed by atoms with Crippen molar-refractivity contribution in [3.05, 3.63) is 0 Å². The van der Waals surface area contributed by atoms with E-state index >= 15 is 0 Å². The minimum atomic E-state index is 0.317. The molecule has 0 radical (unpaired) electrons. The van der Waals surface area contributed by atoms with Crippen molar-refractivity contribution in [1.29, 1.82) is 0 Å². The lowest BCUT2D eigenvalue weighted by Gasteiger charge is -2.25. The number of piperidine rings is 1. The van der Waals surface area contributed by atoms with Gasteiger partial charge in [-0.3, -0.25) is 0 Å². The molecule has 0 saturated carbocycles. The second-order valence-electron chi connectivity index (χ2n) is 2.45. The summed E-state index contributed by atoms with van der Waals surface area (Å²) in [4.78, 5) is 0.469. The number of alkyl halides is 1. The number of aliphatic hydroxyl groups is 1. The molecule has 0 spiro atoms. The topological polar surface area (TPSA) is 32.3 Å². The van der Waals surface area contributed by atoms with E-state index in [9.17, 15) is 0 Å². The van der Waals surface area contributed by atoms with E-state index in [4.69, 9.17) is 5.11 Å². The van der Waals surface area contributed by atoms with Crippen molar-refractivity contribution in [3.63, 3.8) is 0 Å². The maximum atomic E-state index is 8.80. The van der Waals surface area contributed by atoms with Crippen molar-refractivity contribution in [1.82, 2.24) is 5.32 Å². The molecule has 2 nitrogen and oxygen atoms in total. The average molecular weight is 194 g/mol. The van der Waals surface area contributed by atoms with E-state index in [0.717, 1.165) is 19.5 Å². The molecule has 1 heterocycles. The van der Waals surface area contributed by atoms with Gasteiger partial charge in [0.1, 0.15) is 0 Å². The van der Waals surface area contributed by atoms with E-state index < -0.39 is 0 Å². The molecular formula is C6H12BrNO. The molecule has 0 bridgehead atoms. The van der Waals surface area contributed by atoms with Gasteiger partial charge >= 0.3 is 0 Å². The van der Waals surface area contributed by atoms with Crippen LogP contribution in [0, 0.1) is 5.92 Å². The van der Waals surface area contributed by atoms with Crippen LogP contribution in [-0.2, 0) is 0 Å². The van der Waals surface area contributed by atoms with Gasteiger partial charge in [-0.1, -0.05) is 15.9 Å². The van der Waals surface area contributed by atoms with Crippen LogP contribution in [0.25, 0.3) is 0 Å². The number of hydrogen-bond acceptors (Lipinski definition) is 2. The van der Waals surface area contributed by atoms with Gasteiger partial charge in [-0.05, 0) is 18.9 Å². The largest absolute Gasteiger partial charge is 0.396 e. The summed E-state index contributed by atoms with van der Waals surface area (Å²) in [6, 6.07) is 0. The second kappa shape index (κ2) is 3.54. The minimum Gasteiger partial charge on any atom is -0.396 e. The molecule has 1 rings (SSSR count). The Labute approximate surface area is 63.8 Å². The summed E-state index contributed by atoms with van der Waals surface area (Å²) in [7, 11) is 0. The smallest absolute Gasteiger partial charge is 0.0470 e. The van der Waals surface area contributed by atoms with Crippen molar-refractivity contribution < 1.29 is 5.11 Å². The van der Waals surface area contributed by atoms with Crippen LogP contribution in [0.1, 0.15) is 6.42 Å². The molecule has 54 valence electrons. The first kappa shape index (κ1) is 7.51. The number of aliphatic hydroxyl groups excluding tert-OH is 1. The zero-order valence-electron chi connectivity index (χ0n) is 5.31. The quantitative estimate of drug-likeness (QED) is 0.590. The molecule has 1 aliphatic heterocycles. The van der Waals surface area contributed by atoms with Crippen LogP contribution in [-0.4, -0.2) is 29.6 Å². The number of nitrogens with one attached hydrogen (secondary N) is 1. The molecule has 0 aromatic rings. The number of halogens is 1. The highest BCUT2D eigenvalue weighted by atomic mass is 79.9. The number of rotatable bonds is 1. The summed E-state index contributed by atoms with van der Waals surface area (Å²) in [5, 5.41) is 12.0. The zero-order valence-corrected chi connectivity index (χ0v) is 6.89. The molecule has 2 unspecified atom stereocenters. The maximum Gasteiger partial charge on any atom is 0.0470 e. The first-order chi connectivity index (χ1) is 4.34. The first-order valence-corrected chi connectivity index (χ1v) is 4.22. The minimum absolute atomic E-state index is 0.317. The Balaban J connectivity index is 2.30. The van der Waals surface area contributed by atoms with E-state index in [2.05, 4.69) is 21.2 Å². The molecule has 0 aliphatic carbocycles. The molecule has 2 N–H and O–H groups in total.